The number of aromatic nitrogens is 3. The molecule has 1 amide bonds. The summed E-state index contributed by atoms with van der Waals surface area (Å²) in [7, 11) is 0. The molecule has 7 nitrogen and oxygen atoms in total. The van der Waals surface area contributed by atoms with E-state index in [1.807, 2.05) is 0 Å². The van der Waals surface area contributed by atoms with Crippen molar-refractivity contribution in [2.75, 3.05) is 18.1 Å². The Hall–Kier alpha value is -3.07. The Morgan fingerprint density at radius 1 is 1.33 bits per heavy atom. The normalized spacial score (nSPS) is 22.4. The van der Waals surface area contributed by atoms with E-state index in [4.69, 9.17) is 0 Å². The van der Waals surface area contributed by atoms with Gasteiger partial charge in [0.15, 0.2) is 5.65 Å². The van der Waals surface area contributed by atoms with Gasteiger partial charge in [0.1, 0.15) is 23.4 Å². The predicted molar refractivity (Wildman–Crippen MR) is 106 cm³/mol. The zero-order chi connectivity index (χ0) is 20.9. The van der Waals surface area contributed by atoms with Gasteiger partial charge < -0.3 is 15.3 Å². The van der Waals surface area contributed by atoms with Crippen LogP contribution in [0.1, 0.15) is 41.2 Å². The van der Waals surface area contributed by atoms with Crippen LogP contribution >= 0.6 is 0 Å². The number of alkyl halides is 1. The lowest BCUT2D eigenvalue weighted by molar-refractivity contribution is 0.0908. The first-order valence-electron chi connectivity index (χ1n) is 9.92. The fraction of sp³-hybridized carbons (Fsp3) is 0.381. The molecule has 1 saturated heterocycles. The standard InChI is InChI=1S/C21H21F2N5O2/c22-14-3-1-2-13(8-14)17-9-15(23)11-27(17)18-4-7-28-19(25-18)16(10-24-28)20(30)26-21(12-29)5-6-21/h1-4,7-8,10,15,17,29H,5-6,9,11-12H2,(H,26,30)/t15-,17?/m0/s1. The first kappa shape index (κ1) is 18.9. The fourth-order valence-corrected chi connectivity index (χ4v) is 4.03. The molecule has 9 heteroatoms. The van der Waals surface area contributed by atoms with Crippen LogP contribution in [0, 0.1) is 5.82 Å². The molecule has 1 aliphatic heterocycles. The minimum atomic E-state index is -1.07. The SMILES string of the molecule is O=C(NC1(CO)CC1)c1cnn2ccc(N3C[C@@H](F)CC3c3cccc(F)c3)nc12. The number of halogens is 2. The van der Waals surface area contributed by atoms with E-state index in [0.717, 1.165) is 12.8 Å². The number of benzene rings is 1. The zero-order valence-electron chi connectivity index (χ0n) is 16.1. The number of anilines is 1. The number of hydrogen-bond acceptors (Lipinski definition) is 5. The van der Waals surface area contributed by atoms with Gasteiger partial charge in [0.25, 0.3) is 5.91 Å². The van der Waals surface area contributed by atoms with Gasteiger partial charge in [0.2, 0.25) is 0 Å². The van der Waals surface area contributed by atoms with E-state index >= 15 is 0 Å². The van der Waals surface area contributed by atoms with Crippen LogP contribution in [-0.4, -0.2) is 50.5 Å². The highest BCUT2D eigenvalue weighted by molar-refractivity contribution is 6.00. The summed E-state index contributed by atoms with van der Waals surface area (Å²) >= 11 is 0. The first-order valence-corrected chi connectivity index (χ1v) is 9.92. The molecule has 3 heterocycles. The van der Waals surface area contributed by atoms with Gasteiger partial charge in [-0.3, -0.25) is 4.79 Å². The van der Waals surface area contributed by atoms with Crippen molar-refractivity contribution in [2.45, 2.75) is 37.0 Å². The highest BCUT2D eigenvalue weighted by Gasteiger charge is 2.44. The monoisotopic (exact) mass is 413 g/mol. The summed E-state index contributed by atoms with van der Waals surface area (Å²) in [4.78, 5) is 19.1. The summed E-state index contributed by atoms with van der Waals surface area (Å²) in [6, 6.07) is 7.52. The number of nitrogens with zero attached hydrogens (tertiary/aromatic N) is 4. The molecule has 0 radical (unpaired) electrons. The molecule has 2 fully saturated rings. The zero-order valence-corrected chi connectivity index (χ0v) is 16.1. The van der Waals surface area contributed by atoms with Crippen molar-refractivity contribution in [1.82, 2.24) is 19.9 Å². The van der Waals surface area contributed by atoms with Gasteiger partial charge in [-0.1, -0.05) is 12.1 Å². The van der Waals surface area contributed by atoms with Crippen molar-refractivity contribution in [3.8, 4) is 0 Å². The third-order valence-corrected chi connectivity index (χ3v) is 5.91. The number of aliphatic hydroxyl groups is 1. The molecule has 1 aromatic carbocycles. The molecule has 1 unspecified atom stereocenters. The molecule has 3 aromatic rings. The van der Waals surface area contributed by atoms with Gasteiger partial charge in [0.05, 0.1) is 30.9 Å². The predicted octanol–water partition coefficient (Wildman–Crippen LogP) is 2.41. The number of fused-ring (bicyclic) bond motifs is 1. The third kappa shape index (κ3) is 3.28. The van der Waals surface area contributed by atoms with E-state index in [2.05, 4.69) is 15.4 Å². The molecule has 0 spiro atoms. The van der Waals surface area contributed by atoms with Crippen molar-refractivity contribution in [2.24, 2.45) is 0 Å². The average molecular weight is 413 g/mol. The second-order valence-corrected chi connectivity index (χ2v) is 8.06. The largest absolute Gasteiger partial charge is 0.394 e. The highest BCUT2D eigenvalue weighted by atomic mass is 19.1. The quantitative estimate of drug-likeness (QED) is 0.671. The highest BCUT2D eigenvalue weighted by Crippen LogP contribution is 2.37. The number of aliphatic hydroxyl groups excluding tert-OH is 1. The lowest BCUT2D eigenvalue weighted by atomic mass is 10.0. The second kappa shape index (κ2) is 7.02. The Kier molecular flexibility index (Phi) is 4.43. The molecular formula is C21H21F2N5O2. The van der Waals surface area contributed by atoms with E-state index in [1.54, 1.807) is 29.3 Å². The molecule has 156 valence electrons. The van der Waals surface area contributed by atoms with Crippen molar-refractivity contribution >= 4 is 17.4 Å². The maximum Gasteiger partial charge on any atom is 0.257 e. The fourth-order valence-electron chi connectivity index (χ4n) is 4.03. The summed E-state index contributed by atoms with van der Waals surface area (Å²) in [6.45, 7) is 0.0191. The molecule has 30 heavy (non-hydrogen) atoms. The molecule has 1 aliphatic carbocycles. The molecule has 2 atom stereocenters. The maximum absolute atomic E-state index is 14.3. The van der Waals surface area contributed by atoms with Gasteiger partial charge in [-0.15, -0.1) is 0 Å². The maximum atomic E-state index is 14.3. The Morgan fingerprint density at radius 2 is 2.17 bits per heavy atom. The molecular weight excluding hydrogens is 392 g/mol. The number of hydrogen-bond donors (Lipinski definition) is 2. The van der Waals surface area contributed by atoms with Crippen LogP contribution in [0.4, 0.5) is 14.6 Å². The Bertz CT molecular complexity index is 1110. The van der Waals surface area contributed by atoms with E-state index in [-0.39, 0.29) is 42.9 Å². The van der Waals surface area contributed by atoms with E-state index in [1.165, 1.54) is 22.8 Å². The number of rotatable bonds is 5. The summed E-state index contributed by atoms with van der Waals surface area (Å²) in [6.07, 6.45) is 3.73. The van der Waals surface area contributed by atoms with E-state index in [9.17, 15) is 18.7 Å². The molecule has 2 N–H and O–H groups in total. The summed E-state index contributed by atoms with van der Waals surface area (Å²) < 4.78 is 29.5. The van der Waals surface area contributed by atoms with Crippen LogP contribution in [0.2, 0.25) is 0 Å². The third-order valence-electron chi connectivity index (χ3n) is 5.91. The van der Waals surface area contributed by atoms with E-state index in [0.29, 0.717) is 17.0 Å². The van der Waals surface area contributed by atoms with Crippen molar-refractivity contribution < 1.29 is 18.7 Å². The van der Waals surface area contributed by atoms with Crippen LogP contribution < -0.4 is 10.2 Å². The molecule has 1 saturated carbocycles. The van der Waals surface area contributed by atoms with Crippen LogP contribution in [0.15, 0.2) is 42.7 Å². The van der Waals surface area contributed by atoms with Crippen molar-refractivity contribution in [3.63, 3.8) is 0 Å². The van der Waals surface area contributed by atoms with E-state index < -0.39 is 11.7 Å². The minimum absolute atomic E-state index is 0.113. The van der Waals surface area contributed by atoms with Gasteiger partial charge in [-0.25, -0.2) is 18.3 Å². The lowest BCUT2D eigenvalue weighted by Crippen LogP contribution is -2.39. The molecule has 2 aliphatic rings. The van der Waals surface area contributed by atoms with Gasteiger partial charge in [-0.2, -0.15) is 5.10 Å². The molecule has 0 bridgehead atoms. The minimum Gasteiger partial charge on any atom is -0.394 e. The van der Waals surface area contributed by atoms with Gasteiger partial charge in [0, 0.05) is 12.6 Å². The van der Waals surface area contributed by atoms with Gasteiger partial charge in [-0.05, 0) is 36.6 Å². The van der Waals surface area contributed by atoms with Crippen LogP contribution in [0.3, 0.4) is 0 Å². The van der Waals surface area contributed by atoms with Gasteiger partial charge >= 0.3 is 0 Å². The number of amides is 1. The molecule has 5 rings (SSSR count). The second-order valence-electron chi connectivity index (χ2n) is 8.06. The Morgan fingerprint density at radius 3 is 2.90 bits per heavy atom. The van der Waals surface area contributed by atoms with Crippen LogP contribution in [-0.2, 0) is 0 Å². The summed E-state index contributed by atoms with van der Waals surface area (Å²) in [5.74, 6) is -0.228. The number of carbonyl (C=O) groups excluding carboxylic acids is 1. The Balaban J connectivity index is 1.49. The lowest BCUT2D eigenvalue weighted by Gasteiger charge is -2.25. The van der Waals surface area contributed by atoms with Crippen LogP contribution in [0.25, 0.3) is 5.65 Å². The number of carbonyl (C=O) groups is 1. The Labute approximate surface area is 171 Å². The number of nitrogens with one attached hydrogen (secondary N) is 1. The molecule has 2 aromatic heterocycles. The van der Waals surface area contributed by atoms with Crippen molar-refractivity contribution in [1.29, 1.82) is 0 Å². The summed E-state index contributed by atoms with van der Waals surface area (Å²) in [5, 5.41) is 16.5. The first-order chi connectivity index (χ1) is 14.5. The topological polar surface area (TPSA) is 82.8 Å². The average Bonchev–Trinajstić information content (AvgIpc) is 3.19. The van der Waals surface area contributed by atoms with Crippen molar-refractivity contribution in [3.05, 3.63) is 59.7 Å². The smallest absolute Gasteiger partial charge is 0.257 e. The summed E-state index contributed by atoms with van der Waals surface area (Å²) in [5.41, 5.74) is 0.762. The van der Waals surface area contributed by atoms with Crippen LogP contribution in [0.5, 0.6) is 0 Å².